The summed E-state index contributed by atoms with van der Waals surface area (Å²) in [5.41, 5.74) is 2.57. The molecule has 1 atom stereocenters. The minimum atomic E-state index is 0.239. The van der Waals surface area contributed by atoms with Gasteiger partial charge in [0.25, 0.3) is 0 Å². The van der Waals surface area contributed by atoms with Gasteiger partial charge in [-0.15, -0.1) is 0 Å². The summed E-state index contributed by atoms with van der Waals surface area (Å²) in [6, 6.07) is 8.54. The second-order valence-corrected chi connectivity index (χ2v) is 4.54. The molecule has 0 radical (unpaired) electrons. The zero-order chi connectivity index (χ0) is 11.3. The van der Waals surface area contributed by atoms with Crippen LogP contribution in [0.5, 0.6) is 0 Å². The highest BCUT2D eigenvalue weighted by Crippen LogP contribution is 2.17. The predicted octanol–water partition coefficient (Wildman–Crippen LogP) is 3.48. The molecule has 0 aliphatic rings. The van der Waals surface area contributed by atoms with Gasteiger partial charge in [-0.3, -0.25) is 5.26 Å². The Morgan fingerprint density at radius 2 is 1.73 bits per heavy atom. The molecule has 2 heteroatoms. The molecule has 1 aromatic carbocycles. The lowest BCUT2D eigenvalue weighted by Gasteiger charge is -2.11. The number of hydrogen-bond donors (Lipinski definition) is 1. The highest BCUT2D eigenvalue weighted by atomic mass is 17.1. The van der Waals surface area contributed by atoms with Gasteiger partial charge in [0.2, 0.25) is 0 Å². The topological polar surface area (TPSA) is 29.5 Å². The maximum absolute atomic E-state index is 8.37. The van der Waals surface area contributed by atoms with Gasteiger partial charge in [0.15, 0.2) is 0 Å². The van der Waals surface area contributed by atoms with Crippen molar-refractivity contribution in [1.29, 1.82) is 0 Å². The lowest BCUT2D eigenvalue weighted by molar-refractivity contribution is -0.245. The fourth-order valence-corrected chi connectivity index (χ4v) is 1.66. The quantitative estimate of drug-likeness (QED) is 0.593. The fourth-order valence-electron chi connectivity index (χ4n) is 1.66. The standard InChI is InChI=1S/C13H20O2/c1-10(2)8-12-4-6-13(7-5-12)11(3)9-15-14/h4-7,10-11,14H,8-9H2,1-3H3/t11-/m1/s1. The lowest BCUT2D eigenvalue weighted by atomic mass is 9.97. The lowest BCUT2D eigenvalue weighted by Crippen LogP contribution is -2.02. The Labute approximate surface area is 91.8 Å². The molecule has 1 aromatic rings. The molecule has 1 N–H and O–H groups in total. The molecule has 0 amide bonds. The van der Waals surface area contributed by atoms with Crippen molar-refractivity contribution in [2.24, 2.45) is 5.92 Å². The maximum Gasteiger partial charge on any atom is 0.0885 e. The third-order valence-corrected chi connectivity index (χ3v) is 2.52. The predicted molar refractivity (Wildman–Crippen MR) is 62.0 cm³/mol. The summed E-state index contributed by atoms with van der Waals surface area (Å²) in [6.07, 6.45) is 1.12. The smallest absolute Gasteiger partial charge is 0.0885 e. The number of benzene rings is 1. The Balaban J connectivity index is 2.63. The molecule has 0 saturated carbocycles. The van der Waals surface area contributed by atoms with Crippen molar-refractivity contribution in [2.45, 2.75) is 33.1 Å². The van der Waals surface area contributed by atoms with Crippen LogP contribution in [-0.4, -0.2) is 11.9 Å². The molecule has 0 heterocycles. The Kier molecular flexibility index (Phi) is 4.79. The zero-order valence-corrected chi connectivity index (χ0v) is 9.73. The van der Waals surface area contributed by atoms with E-state index in [4.69, 9.17) is 5.26 Å². The van der Waals surface area contributed by atoms with Crippen LogP contribution < -0.4 is 0 Å². The van der Waals surface area contributed by atoms with Crippen LogP contribution in [0, 0.1) is 5.92 Å². The van der Waals surface area contributed by atoms with E-state index in [1.807, 2.05) is 6.92 Å². The Morgan fingerprint density at radius 3 is 2.20 bits per heavy atom. The van der Waals surface area contributed by atoms with Gasteiger partial charge in [-0.05, 0) is 23.5 Å². The van der Waals surface area contributed by atoms with Crippen LogP contribution in [0.1, 0.15) is 37.8 Å². The van der Waals surface area contributed by atoms with Crippen molar-refractivity contribution in [1.82, 2.24) is 0 Å². The van der Waals surface area contributed by atoms with Crippen molar-refractivity contribution in [3.63, 3.8) is 0 Å². The van der Waals surface area contributed by atoms with E-state index >= 15 is 0 Å². The molecule has 15 heavy (non-hydrogen) atoms. The minimum Gasteiger partial charge on any atom is -0.252 e. The van der Waals surface area contributed by atoms with Gasteiger partial charge in [0.05, 0.1) is 6.61 Å². The van der Waals surface area contributed by atoms with Gasteiger partial charge < -0.3 is 0 Å². The van der Waals surface area contributed by atoms with Crippen molar-refractivity contribution in [2.75, 3.05) is 6.61 Å². The van der Waals surface area contributed by atoms with Crippen molar-refractivity contribution < 1.29 is 10.1 Å². The first-order valence-corrected chi connectivity index (χ1v) is 5.48. The van der Waals surface area contributed by atoms with Gasteiger partial charge in [-0.2, -0.15) is 0 Å². The zero-order valence-electron chi connectivity index (χ0n) is 9.73. The molecule has 0 bridgehead atoms. The van der Waals surface area contributed by atoms with Gasteiger partial charge in [-0.1, -0.05) is 45.0 Å². The first kappa shape index (κ1) is 12.2. The van der Waals surface area contributed by atoms with E-state index in [1.165, 1.54) is 11.1 Å². The van der Waals surface area contributed by atoms with Crippen molar-refractivity contribution in [3.8, 4) is 0 Å². The average Bonchev–Trinajstić information content (AvgIpc) is 2.18. The van der Waals surface area contributed by atoms with Crippen molar-refractivity contribution >= 4 is 0 Å². The second-order valence-electron chi connectivity index (χ2n) is 4.54. The first-order valence-electron chi connectivity index (χ1n) is 5.48. The first-order chi connectivity index (χ1) is 7.13. The Hall–Kier alpha value is -0.860. The molecular weight excluding hydrogens is 188 g/mol. The highest BCUT2D eigenvalue weighted by Gasteiger charge is 2.05. The van der Waals surface area contributed by atoms with E-state index in [2.05, 4.69) is 43.0 Å². The molecule has 0 aliphatic carbocycles. The van der Waals surface area contributed by atoms with E-state index in [9.17, 15) is 0 Å². The van der Waals surface area contributed by atoms with Gasteiger partial charge >= 0.3 is 0 Å². The molecule has 0 spiro atoms. The summed E-state index contributed by atoms with van der Waals surface area (Å²) in [5.74, 6) is 0.928. The van der Waals surface area contributed by atoms with Crippen LogP contribution in [0.2, 0.25) is 0 Å². The van der Waals surface area contributed by atoms with Crippen LogP contribution >= 0.6 is 0 Å². The summed E-state index contributed by atoms with van der Waals surface area (Å²) in [6.45, 7) is 6.82. The van der Waals surface area contributed by atoms with Crippen LogP contribution in [0.15, 0.2) is 24.3 Å². The summed E-state index contributed by atoms with van der Waals surface area (Å²) < 4.78 is 0. The Morgan fingerprint density at radius 1 is 1.13 bits per heavy atom. The van der Waals surface area contributed by atoms with Gasteiger partial charge in [0, 0.05) is 5.92 Å². The highest BCUT2D eigenvalue weighted by molar-refractivity contribution is 5.25. The monoisotopic (exact) mass is 208 g/mol. The molecule has 0 aromatic heterocycles. The van der Waals surface area contributed by atoms with Crippen LogP contribution in [0.4, 0.5) is 0 Å². The van der Waals surface area contributed by atoms with E-state index in [0.29, 0.717) is 12.5 Å². The third kappa shape index (κ3) is 4.02. The number of hydrogen-bond acceptors (Lipinski definition) is 2. The molecule has 0 unspecified atom stereocenters. The average molecular weight is 208 g/mol. The molecule has 0 saturated heterocycles. The van der Waals surface area contributed by atoms with Gasteiger partial charge in [-0.25, -0.2) is 4.89 Å². The summed E-state index contributed by atoms with van der Waals surface area (Å²) >= 11 is 0. The second kappa shape index (κ2) is 5.89. The van der Waals surface area contributed by atoms with Crippen LogP contribution in [0.3, 0.4) is 0 Å². The van der Waals surface area contributed by atoms with Gasteiger partial charge in [0.1, 0.15) is 0 Å². The summed E-state index contributed by atoms with van der Waals surface area (Å²) in [7, 11) is 0. The van der Waals surface area contributed by atoms with Crippen molar-refractivity contribution in [3.05, 3.63) is 35.4 Å². The number of rotatable bonds is 5. The largest absolute Gasteiger partial charge is 0.252 e. The Bertz CT molecular complexity index is 277. The SMILES string of the molecule is CC(C)Cc1ccc([C@H](C)COO)cc1. The molecule has 1 rings (SSSR count). The normalized spacial score (nSPS) is 13.1. The molecule has 0 fully saturated rings. The molecular formula is C13H20O2. The summed E-state index contributed by atoms with van der Waals surface area (Å²) in [5, 5.41) is 8.37. The van der Waals surface area contributed by atoms with E-state index in [0.717, 1.165) is 6.42 Å². The third-order valence-electron chi connectivity index (χ3n) is 2.52. The van der Waals surface area contributed by atoms with Crippen LogP contribution in [-0.2, 0) is 11.3 Å². The minimum absolute atomic E-state index is 0.239. The maximum atomic E-state index is 8.37. The molecule has 0 aliphatic heterocycles. The van der Waals surface area contributed by atoms with E-state index in [1.54, 1.807) is 0 Å². The molecule has 84 valence electrons. The summed E-state index contributed by atoms with van der Waals surface area (Å²) in [4.78, 5) is 4.15. The van der Waals surface area contributed by atoms with Crippen LogP contribution in [0.25, 0.3) is 0 Å². The van der Waals surface area contributed by atoms with E-state index in [-0.39, 0.29) is 5.92 Å². The fraction of sp³-hybridized carbons (Fsp3) is 0.538. The molecule has 2 nitrogen and oxygen atoms in total. The van der Waals surface area contributed by atoms with E-state index < -0.39 is 0 Å².